The van der Waals surface area contributed by atoms with Gasteiger partial charge in [0.15, 0.2) is 5.16 Å². The molecule has 1 aromatic heterocycles. The number of para-hydroxylation sites is 2. The maximum atomic E-state index is 12.2. The zero-order chi connectivity index (χ0) is 18.5. The highest BCUT2D eigenvalue weighted by molar-refractivity contribution is 7.99. The molecule has 5 heteroatoms. The number of nitrogens with zero attached hydrogens (tertiary/aromatic N) is 2. The highest BCUT2D eigenvalue weighted by Crippen LogP contribution is 2.28. The van der Waals surface area contributed by atoms with Crippen LogP contribution in [-0.4, -0.2) is 27.3 Å². The van der Waals surface area contributed by atoms with Gasteiger partial charge < -0.3 is 5.32 Å². The van der Waals surface area contributed by atoms with E-state index in [9.17, 15) is 4.79 Å². The zero-order valence-corrected chi connectivity index (χ0v) is 16.3. The lowest BCUT2D eigenvalue weighted by atomic mass is 10.2. The van der Waals surface area contributed by atoms with E-state index < -0.39 is 0 Å². The molecule has 3 aromatic rings. The highest BCUT2D eigenvalue weighted by atomic mass is 32.2. The first-order valence-electron chi connectivity index (χ1n) is 9.05. The van der Waals surface area contributed by atoms with Crippen LogP contribution in [0.4, 0.5) is 0 Å². The summed E-state index contributed by atoms with van der Waals surface area (Å²) in [6, 6.07) is 16.7. The number of benzene rings is 2. The first-order valence-corrected chi connectivity index (χ1v) is 10.0. The molecular formula is C21H25N3OS. The number of carbonyl (C=O) groups excluding carboxylic acids is 1. The summed E-state index contributed by atoms with van der Waals surface area (Å²) in [7, 11) is 0. The molecule has 0 spiro atoms. The molecule has 26 heavy (non-hydrogen) atoms. The molecule has 1 heterocycles. The van der Waals surface area contributed by atoms with Gasteiger partial charge in [-0.3, -0.25) is 9.36 Å². The number of thioether (sulfide) groups is 1. The van der Waals surface area contributed by atoms with Crippen LogP contribution in [0.5, 0.6) is 0 Å². The molecule has 1 amide bonds. The first kappa shape index (κ1) is 18.5. The molecule has 1 atom stereocenters. The van der Waals surface area contributed by atoms with Crippen molar-refractivity contribution in [1.29, 1.82) is 0 Å². The Labute approximate surface area is 159 Å². The third-order valence-electron chi connectivity index (χ3n) is 4.28. The van der Waals surface area contributed by atoms with Gasteiger partial charge in [0.1, 0.15) is 0 Å². The molecule has 0 saturated carbocycles. The summed E-state index contributed by atoms with van der Waals surface area (Å²) in [5.41, 5.74) is 4.28. The largest absolute Gasteiger partial charge is 0.353 e. The van der Waals surface area contributed by atoms with Gasteiger partial charge >= 0.3 is 0 Å². The second-order valence-corrected chi connectivity index (χ2v) is 7.54. The summed E-state index contributed by atoms with van der Waals surface area (Å²) in [6.45, 7) is 6.25. The molecule has 0 aliphatic rings. The van der Waals surface area contributed by atoms with E-state index in [1.54, 1.807) is 0 Å². The second-order valence-electron chi connectivity index (χ2n) is 6.60. The Balaban J connectivity index is 1.85. The van der Waals surface area contributed by atoms with E-state index in [1.165, 1.54) is 17.3 Å². The van der Waals surface area contributed by atoms with Crippen molar-refractivity contribution >= 4 is 28.7 Å². The minimum atomic E-state index is 0.0541. The average molecular weight is 368 g/mol. The molecular weight excluding hydrogens is 342 g/mol. The molecule has 0 bridgehead atoms. The molecule has 0 unspecified atom stereocenters. The Hall–Kier alpha value is -2.27. The molecule has 0 fully saturated rings. The van der Waals surface area contributed by atoms with Gasteiger partial charge in [-0.15, -0.1) is 0 Å². The summed E-state index contributed by atoms with van der Waals surface area (Å²) in [6.07, 6.45) is 2.07. The van der Waals surface area contributed by atoms with Gasteiger partial charge in [-0.1, -0.05) is 54.9 Å². The number of hydrogen-bond acceptors (Lipinski definition) is 3. The van der Waals surface area contributed by atoms with Gasteiger partial charge in [0, 0.05) is 11.7 Å². The predicted molar refractivity (Wildman–Crippen MR) is 109 cm³/mol. The number of carbonyl (C=O) groups is 1. The quantitative estimate of drug-likeness (QED) is 0.614. The van der Waals surface area contributed by atoms with E-state index in [2.05, 4.69) is 54.1 Å². The molecule has 0 radical (unpaired) electrons. The molecule has 0 aliphatic heterocycles. The van der Waals surface area contributed by atoms with Crippen molar-refractivity contribution in [3.63, 3.8) is 0 Å². The lowest BCUT2D eigenvalue weighted by Crippen LogP contribution is -2.33. The van der Waals surface area contributed by atoms with E-state index in [1.807, 2.05) is 25.1 Å². The number of imidazole rings is 1. The van der Waals surface area contributed by atoms with Crippen molar-refractivity contribution in [2.24, 2.45) is 0 Å². The number of hydrogen-bond donors (Lipinski definition) is 1. The van der Waals surface area contributed by atoms with Gasteiger partial charge in [-0.25, -0.2) is 4.98 Å². The fraction of sp³-hybridized carbons (Fsp3) is 0.333. The first-order chi connectivity index (χ1) is 12.6. The van der Waals surface area contributed by atoms with Crippen LogP contribution in [0.25, 0.3) is 16.7 Å². The van der Waals surface area contributed by atoms with Crippen molar-refractivity contribution in [2.45, 2.75) is 44.8 Å². The Morgan fingerprint density at radius 2 is 1.92 bits per heavy atom. The van der Waals surface area contributed by atoms with Crippen LogP contribution in [0.2, 0.25) is 0 Å². The van der Waals surface area contributed by atoms with Gasteiger partial charge in [-0.05, 0) is 44.5 Å². The lowest BCUT2D eigenvalue weighted by molar-refractivity contribution is -0.119. The van der Waals surface area contributed by atoms with Crippen LogP contribution in [-0.2, 0) is 4.79 Å². The maximum Gasteiger partial charge on any atom is 0.230 e. The standard InChI is InChI=1S/C21H25N3OS/c1-4-7-16(3)22-20(25)14-26-21-23-18-8-5-6-9-19(18)24(21)17-12-10-15(2)11-13-17/h5-6,8-13,16H,4,7,14H2,1-3H3,(H,22,25)/t16-/m0/s1. The lowest BCUT2D eigenvalue weighted by Gasteiger charge is -2.13. The predicted octanol–water partition coefficient (Wildman–Crippen LogP) is 4.73. The molecule has 3 rings (SSSR count). The minimum absolute atomic E-state index is 0.0541. The van der Waals surface area contributed by atoms with Gasteiger partial charge in [0.2, 0.25) is 5.91 Å². The fourth-order valence-corrected chi connectivity index (χ4v) is 3.84. The summed E-state index contributed by atoms with van der Waals surface area (Å²) < 4.78 is 2.13. The summed E-state index contributed by atoms with van der Waals surface area (Å²) in [5, 5.41) is 3.90. The molecule has 1 N–H and O–H groups in total. The third kappa shape index (κ3) is 4.28. The van der Waals surface area contributed by atoms with E-state index in [-0.39, 0.29) is 11.9 Å². The Morgan fingerprint density at radius 3 is 2.65 bits per heavy atom. The molecule has 4 nitrogen and oxygen atoms in total. The monoisotopic (exact) mass is 367 g/mol. The summed E-state index contributed by atoms with van der Waals surface area (Å²) in [4.78, 5) is 17.0. The number of aryl methyl sites for hydroxylation is 1. The van der Waals surface area contributed by atoms with Gasteiger partial charge in [-0.2, -0.15) is 0 Å². The number of nitrogens with one attached hydrogen (secondary N) is 1. The Kier molecular flexibility index (Phi) is 5.99. The topological polar surface area (TPSA) is 46.9 Å². The number of amides is 1. The molecule has 0 saturated heterocycles. The van der Waals surface area contributed by atoms with Crippen molar-refractivity contribution < 1.29 is 4.79 Å². The van der Waals surface area contributed by atoms with Crippen molar-refractivity contribution in [1.82, 2.24) is 14.9 Å². The van der Waals surface area contributed by atoms with Crippen LogP contribution in [0.15, 0.2) is 53.7 Å². The van der Waals surface area contributed by atoms with E-state index in [0.717, 1.165) is 34.7 Å². The zero-order valence-electron chi connectivity index (χ0n) is 15.5. The molecule has 136 valence electrons. The third-order valence-corrected chi connectivity index (χ3v) is 5.22. The summed E-state index contributed by atoms with van der Waals surface area (Å²) >= 11 is 1.48. The number of fused-ring (bicyclic) bond motifs is 1. The normalized spacial score (nSPS) is 12.3. The van der Waals surface area contributed by atoms with E-state index in [4.69, 9.17) is 4.98 Å². The maximum absolute atomic E-state index is 12.2. The van der Waals surface area contributed by atoms with Crippen LogP contribution in [0.3, 0.4) is 0 Å². The summed E-state index contributed by atoms with van der Waals surface area (Å²) in [5.74, 6) is 0.418. The number of rotatable bonds is 7. The molecule has 2 aromatic carbocycles. The smallest absolute Gasteiger partial charge is 0.230 e. The van der Waals surface area contributed by atoms with Crippen LogP contribution in [0.1, 0.15) is 32.3 Å². The van der Waals surface area contributed by atoms with Crippen molar-refractivity contribution in [3.05, 3.63) is 54.1 Å². The Morgan fingerprint density at radius 1 is 1.19 bits per heavy atom. The fourth-order valence-electron chi connectivity index (χ4n) is 3.00. The Bertz CT molecular complexity index is 886. The van der Waals surface area contributed by atoms with E-state index >= 15 is 0 Å². The molecule has 0 aliphatic carbocycles. The van der Waals surface area contributed by atoms with Crippen LogP contribution < -0.4 is 5.32 Å². The van der Waals surface area contributed by atoms with Crippen molar-refractivity contribution in [3.8, 4) is 5.69 Å². The van der Waals surface area contributed by atoms with Crippen molar-refractivity contribution in [2.75, 3.05) is 5.75 Å². The number of aromatic nitrogens is 2. The van der Waals surface area contributed by atoms with Crippen LogP contribution in [0, 0.1) is 6.92 Å². The van der Waals surface area contributed by atoms with Crippen LogP contribution >= 0.6 is 11.8 Å². The van der Waals surface area contributed by atoms with Gasteiger partial charge in [0.25, 0.3) is 0 Å². The highest BCUT2D eigenvalue weighted by Gasteiger charge is 2.15. The SMILES string of the molecule is CCC[C@H](C)NC(=O)CSc1nc2ccccc2n1-c1ccc(C)cc1. The van der Waals surface area contributed by atoms with E-state index in [0.29, 0.717) is 5.75 Å². The second kappa shape index (κ2) is 8.41. The average Bonchev–Trinajstić information content (AvgIpc) is 2.99. The minimum Gasteiger partial charge on any atom is -0.353 e. The van der Waals surface area contributed by atoms with Gasteiger partial charge in [0.05, 0.1) is 16.8 Å².